The number of rotatable bonds is 4. The second-order valence-corrected chi connectivity index (χ2v) is 6.26. The first kappa shape index (κ1) is 18.3. The van der Waals surface area contributed by atoms with Crippen molar-refractivity contribution >= 4 is 18.0 Å². The molecule has 0 aromatic rings. The van der Waals surface area contributed by atoms with Crippen LogP contribution in [0.3, 0.4) is 0 Å². The Morgan fingerprint density at radius 3 is 2.59 bits per heavy atom. The predicted octanol–water partition coefficient (Wildman–Crippen LogP) is 1.46. The zero-order valence-electron chi connectivity index (χ0n) is 13.8. The molecule has 0 aliphatic carbocycles. The Labute approximate surface area is 131 Å². The normalized spacial score (nSPS) is 19.4. The number of nitrogens with zero attached hydrogens (tertiary/aromatic N) is 1. The Bertz CT molecular complexity index is 417. The molecule has 7 nitrogen and oxygen atoms in total. The highest BCUT2D eigenvalue weighted by atomic mass is 16.6. The van der Waals surface area contributed by atoms with Crippen LogP contribution in [0.2, 0.25) is 0 Å². The number of hydrogen-bond donors (Lipinski definition) is 1. The van der Waals surface area contributed by atoms with Crippen molar-refractivity contribution < 1.29 is 23.9 Å². The molecule has 0 bridgehead atoms. The molecule has 126 valence electrons. The van der Waals surface area contributed by atoms with Crippen LogP contribution < -0.4 is 5.32 Å². The second-order valence-electron chi connectivity index (χ2n) is 6.26. The SMILES string of the molecule is CCOC(=O)CN1CCCC[C@H](NC(=O)OC(C)(C)C)C1=O. The van der Waals surface area contributed by atoms with Crippen molar-refractivity contribution in [2.24, 2.45) is 0 Å². The van der Waals surface area contributed by atoms with E-state index in [1.165, 1.54) is 4.90 Å². The molecule has 1 aliphatic heterocycles. The Morgan fingerprint density at radius 2 is 2.00 bits per heavy atom. The zero-order chi connectivity index (χ0) is 16.8. The van der Waals surface area contributed by atoms with Gasteiger partial charge in [-0.15, -0.1) is 0 Å². The lowest BCUT2D eigenvalue weighted by Crippen LogP contribution is -2.49. The first-order chi connectivity index (χ1) is 10.2. The van der Waals surface area contributed by atoms with Crippen molar-refractivity contribution in [3.8, 4) is 0 Å². The summed E-state index contributed by atoms with van der Waals surface area (Å²) in [6.07, 6.45) is 1.50. The summed E-state index contributed by atoms with van der Waals surface area (Å²) < 4.78 is 10.0. The van der Waals surface area contributed by atoms with Gasteiger partial charge in [-0.05, 0) is 47.0 Å². The predicted molar refractivity (Wildman–Crippen MR) is 80.2 cm³/mol. The van der Waals surface area contributed by atoms with Gasteiger partial charge in [0.15, 0.2) is 0 Å². The lowest BCUT2D eigenvalue weighted by atomic mass is 10.1. The maximum absolute atomic E-state index is 12.4. The van der Waals surface area contributed by atoms with Gasteiger partial charge >= 0.3 is 12.1 Å². The van der Waals surface area contributed by atoms with Gasteiger partial charge in [0.1, 0.15) is 18.2 Å². The molecule has 1 rings (SSSR count). The molecule has 1 aliphatic rings. The molecule has 0 aromatic heterocycles. The summed E-state index contributed by atoms with van der Waals surface area (Å²) >= 11 is 0. The van der Waals surface area contributed by atoms with E-state index in [0.717, 1.165) is 12.8 Å². The number of esters is 1. The number of likely N-dealkylation sites (tertiary alicyclic amines) is 1. The van der Waals surface area contributed by atoms with E-state index in [-0.39, 0.29) is 19.1 Å². The topological polar surface area (TPSA) is 84.9 Å². The summed E-state index contributed by atoms with van der Waals surface area (Å²) in [6.45, 7) is 7.68. The molecule has 22 heavy (non-hydrogen) atoms. The molecule has 1 atom stereocenters. The average molecular weight is 314 g/mol. The number of hydrogen-bond acceptors (Lipinski definition) is 5. The first-order valence-corrected chi connectivity index (χ1v) is 7.67. The van der Waals surface area contributed by atoms with E-state index in [2.05, 4.69) is 5.32 Å². The Morgan fingerprint density at radius 1 is 1.32 bits per heavy atom. The molecule has 0 saturated carbocycles. The third kappa shape index (κ3) is 6.32. The van der Waals surface area contributed by atoms with Crippen molar-refractivity contribution in [2.45, 2.75) is 58.6 Å². The van der Waals surface area contributed by atoms with Gasteiger partial charge in [-0.1, -0.05) is 0 Å². The minimum absolute atomic E-state index is 0.0842. The van der Waals surface area contributed by atoms with Crippen LogP contribution in [-0.2, 0) is 19.1 Å². The van der Waals surface area contributed by atoms with E-state index < -0.39 is 23.7 Å². The molecule has 0 radical (unpaired) electrons. The molecule has 1 fully saturated rings. The zero-order valence-corrected chi connectivity index (χ0v) is 13.8. The van der Waals surface area contributed by atoms with Gasteiger partial charge in [0, 0.05) is 6.54 Å². The smallest absolute Gasteiger partial charge is 0.408 e. The quantitative estimate of drug-likeness (QED) is 0.794. The first-order valence-electron chi connectivity index (χ1n) is 7.67. The van der Waals surface area contributed by atoms with Crippen LogP contribution >= 0.6 is 0 Å². The summed E-state index contributed by atoms with van der Waals surface area (Å²) in [5, 5.41) is 2.60. The van der Waals surface area contributed by atoms with Crippen molar-refractivity contribution in [1.29, 1.82) is 0 Å². The third-order valence-corrected chi connectivity index (χ3v) is 3.10. The van der Waals surface area contributed by atoms with Gasteiger partial charge in [-0.25, -0.2) is 4.79 Å². The van der Waals surface area contributed by atoms with Crippen LogP contribution in [-0.4, -0.2) is 54.2 Å². The van der Waals surface area contributed by atoms with Gasteiger partial charge in [0.25, 0.3) is 0 Å². The number of nitrogens with one attached hydrogen (secondary N) is 1. The van der Waals surface area contributed by atoms with Crippen molar-refractivity contribution in [3.05, 3.63) is 0 Å². The van der Waals surface area contributed by atoms with Gasteiger partial charge in [-0.2, -0.15) is 0 Å². The molecule has 0 aromatic carbocycles. The fourth-order valence-electron chi connectivity index (χ4n) is 2.21. The van der Waals surface area contributed by atoms with E-state index in [1.807, 2.05) is 0 Å². The lowest BCUT2D eigenvalue weighted by Gasteiger charge is -2.25. The number of ether oxygens (including phenoxy) is 2. The molecule has 0 unspecified atom stereocenters. The van der Waals surface area contributed by atoms with E-state index in [0.29, 0.717) is 13.0 Å². The molecule has 7 heteroatoms. The Hall–Kier alpha value is -1.79. The van der Waals surface area contributed by atoms with E-state index in [1.54, 1.807) is 27.7 Å². The summed E-state index contributed by atoms with van der Waals surface area (Å²) in [4.78, 5) is 37.2. The maximum Gasteiger partial charge on any atom is 0.408 e. The standard InChI is InChI=1S/C15H26N2O5/c1-5-21-12(18)10-17-9-7-6-8-11(13(17)19)16-14(20)22-15(2,3)4/h11H,5-10H2,1-4H3,(H,16,20)/t11-/m0/s1. The summed E-state index contributed by atoms with van der Waals surface area (Å²) in [5.74, 6) is -0.704. The summed E-state index contributed by atoms with van der Waals surface area (Å²) in [5.41, 5.74) is -0.623. The maximum atomic E-state index is 12.4. The molecule has 0 spiro atoms. The largest absolute Gasteiger partial charge is 0.465 e. The molecule has 1 heterocycles. The van der Waals surface area contributed by atoms with Crippen LogP contribution in [0.15, 0.2) is 0 Å². The highest BCUT2D eigenvalue weighted by Gasteiger charge is 2.30. The minimum atomic E-state index is -0.660. The Kier molecular flexibility index (Phi) is 6.64. The lowest BCUT2D eigenvalue weighted by molar-refractivity contribution is -0.149. The highest BCUT2D eigenvalue weighted by molar-refractivity contribution is 5.88. The fourth-order valence-corrected chi connectivity index (χ4v) is 2.21. The van der Waals surface area contributed by atoms with Gasteiger partial charge in [-0.3, -0.25) is 9.59 Å². The number of amides is 2. The number of carbonyl (C=O) groups excluding carboxylic acids is 3. The van der Waals surface area contributed by atoms with Crippen molar-refractivity contribution in [1.82, 2.24) is 10.2 Å². The second kappa shape index (κ2) is 8.00. The van der Waals surface area contributed by atoms with Gasteiger partial charge in [0.2, 0.25) is 5.91 Å². The number of carbonyl (C=O) groups is 3. The summed E-state index contributed by atoms with van der Waals surface area (Å²) in [7, 11) is 0. The van der Waals surface area contributed by atoms with Crippen LogP contribution in [0.25, 0.3) is 0 Å². The summed E-state index contributed by atoms with van der Waals surface area (Å²) in [6, 6.07) is -0.660. The number of alkyl carbamates (subject to hydrolysis) is 1. The van der Waals surface area contributed by atoms with E-state index >= 15 is 0 Å². The third-order valence-electron chi connectivity index (χ3n) is 3.10. The van der Waals surface area contributed by atoms with E-state index in [9.17, 15) is 14.4 Å². The van der Waals surface area contributed by atoms with E-state index in [4.69, 9.17) is 9.47 Å². The monoisotopic (exact) mass is 314 g/mol. The molecular weight excluding hydrogens is 288 g/mol. The van der Waals surface area contributed by atoms with Crippen LogP contribution in [0.1, 0.15) is 47.0 Å². The Balaban J connectivity index is 2.64. The fraction of sp³-hybridized carbons (Fsp3) is 0.800. The van der Waals surface area contributed by atoms with Crippen LogP contribution in [0, 0.1) is 0 Å². The van der Waals surface area contributed by atoms with Crippen LogP contribution in [0.5, 0.6) is 0 Å². The average Bonchev–Trinajstić information content (AvgIpc) is 2.52. The molecule has 1 saturated heterocycles. The molecule has 1 N–H and O–H groups in total. The van der Waals surface area contributed by atoms with Crippen molar-refractivity contribution in [3.63, 3.8) is 0 Å². The molecular formula is C15H26N2O5. The minimum Gasteiger partial charge on any atom is -0.465 e. The molecule has 2 amide bonds. The van der Waals surface area contributed by atoms with Crippen molar-refractivity contribution in [2.75, 3.05) is 19.7 Å². The highest BCUT2D eigenvalue weighted by Crippen LogP contribution is 2.14. The van der Waals surface area contributed by atoms with Gasteiger partial charge < -0.3 is 19.7 Å². The van der Waals surface area contributed by atoms with Gasteiger partial charge in [0.05, 0.1) is 6.61 Å². The van der Waals surface area contributed by atoms with Crippen LogP contribution in [0.4, 0.5) is 4.79 Å².